The normalized spacial score (nSPS) is 16.4. The van der Waals surface area contributed by atoms with Crippen molar-refractivity contribution in [2.24, 2.45) is 0 Å². The number of carbonyl (C=O) groups is 2. The first-order valence-electron chi connectivity index (χ1n) is 8.47. The molecule has 2 aromatic rings. The Morgan fingerprint density at radius 1 is 1.20 bits per heavy atom. The van der Waals surface area contributed by atoms with Crippen LogP contribution in [0.2, 0.25) is 0 Å². The van der Waals surface area contributed by atoms with Crippen molar-refractivity contribution in [2.75, 3.05) is 18.4 Å². The Hall–Kier alpha value is -2.73. The monoisotopic (exact) mass is 338 g/mol. The van der Waals surface area contributed by atoms with Crippen LogP contribution in [0, 0.1) is 6.92 Å². The summed E-state index contributed by atoms with van der Waals surface area (Å²) in [6.07, 6.45) is 5.34. The molecule has 1 atom stereocenters. The summed E-state index contributed by atoms with van der Waals surface area (Å²) in [6, 6.07) is 9.02. The van der Waals surface area contributed by atoms with Crippen LogP contribution in [-0.2, 0) is 0 Å². The molecule has 0 radical (unpaired) electrons. The second-order valence-electron chi connectivity index (χ2n) is 6.19. The van der Waals surface area contributed by atoms with Gasteiger partial charge in [0.05, 0.1) is 11.3 Å². The minimum Gasteiger partial charge on any atom is -0.350 e. The zero-order valence-corrected chi connectivity index (χ0v) is 14.2. The van der Waals surface area contributed by atoms with E-state index in [1.165, 1.54) is 0 Å². The van der Waals surface area contributed by atoms with Gasteiger partial charge < -0.3 is 16.0 Å². The van der Waals surface area contributed by atoms with Crippen molar-refractivity contribution in [3.05, 3.63) is 59.4 Å². The van der Waals surface area contributed by atoms with Crippen LogP contribution in [0.4, 0.5) is 5.69 Å². The Morgan fingerprint density at radius 3 is 2.72 bits per heavy atom. The van der Waals surface area contributed by atoms with Crippen LogP contribution < -0.4 is 16.0 Å². The van der Waals surface area contributed by atoms with E-state index in [9.17, 15) is 9.59 Å². The fraction of sp³-hybridized carbons (Fsp3) is 0.316. The minimum atomic E-state index is -0.261. The fourth-order valence-electron chi connectivity index (χ4n) is 2.95. The van der Waals surface area contributed by atoms with Gasteiger partial charge in [0, 0.05) is 30.5 Å². The molecule has 3 rings (SSSR count). The number of hydrogen-bond acceptors (Lipinski definition) is 4. The number of anilines is 1. The molecular weight excluding hydrogens is 316 g/mol. The Morgan fingerprint density at radius 2 is 2.00 bits per heavy atom. The van der Waals surface area contributed by atoms with E-state index in [4.69, 9.17) is 0 Å². The van der Waals surface area contributed by atoms with Crippen molar-refractivity contribution in [3.63, 3.8) is 0 Å². The van der Waals surface area contributed by atoms with E-state index in [-0.39, 0.29) is 11.8 Å². The zero-order chi connectivity index (χ0) is 17.6. The van der Waals surface area contributed by atoms with Gasteiger partial charge in [-0.2, -0.15) is 0 Å². The summed E-state index contributed by atoms with van der Waals surface area (Å²) in [5, 5.41) is 9.17. The summed E-state index contributed by atoms with van der Waals surface area (Å²) in [6.45, 7) is 3.46. The van der Waals surface area contributed by atoms with Crippen LogP contribution in [0.1, 0.15) is 39.1 Å². The van der Waals surface area contributed by atoms with Gasteiger partial charge in [-0.25, -0.2) is 0 Å². The van der Waals surface area contributed by atoms with Crippen molar-refractivity contribution in [3.8, 4) is 0 Å². The number of aryl methyl sites for hydroxylation is 1. The number of rotatable bonds is 5. The van der Waals surface area contributed by atoms with Crippen molar-refractivity contribution in [2.45, 2.75) is 25.8 Å². The van der Waals surface area contributed by atoms with E-state index in [1.54, 1.807) is 30.6 Å². The van der Waals surface area contributed by atoms with E-state index in [1.807, 2.05) is 19.1 Å². The van der Waals surface area contributed by atoms with Gasteiger partial charge in [-0.15, -0.1) is 0 Å². The van der Waals surface area contributed by atoms with Crippen LogP contribution in [0.5, 0.6) is 0 Å². The van der Waals surface area contributed by atoms with Crippen molar-refractivity contribution >= 4 is 17.5 Å². The van der Waals surface area contributed by atoms with Crippen LogP contribution in [0.25, 0.3) is 0 Å². The highest BCUT2D eigenvalue weighted by atomic mass is 16.2. The smallest absolute Gasteiger partial charge is 0.255 e. The summed E-state index contributed by atoms with van der Waals surface area (Å²) in [7, 11) is 0. The average Bonchev–Trinajstić information content (AvgIpc) is 3.15. The maximum Gasteiger partial charge on any atom is 0.255 e. The molecular formula is C19H22N4O2. The van der Waals surface area contributed by atoms with E-state index >= 15 is 0 Å². The molecule has 1 aliphatic heterocycles. The first-order chi connectivity index (χ1) is 12.1. The summed E-state index contributed by atoms with van der Waals surface area (Å²) < 4.78 is 0. The first-order valence-corrected chi connectivity index (χ1v) is 8.47. The highest BCUT2D eigenvalue weighted by Gasteiger charge is 2.19. The van der Waals surface area contributed by atoms with Crippen LogP contribution in [0.3, 0.4) is 0 Å². The topological polar surface area (TPSA) is 83.1 Å². The second-order valence-corrected chi connectivity index (χ2v) is 6.19. The average molecular weight is 338 g/mol. The number of nitrogens with one attached hydrogen (secondary N) is 3. The number of pyridine rings is 1. The number of carbonyl (C=O) groups excluding carboxylic acids is 2. The first kappa shape index (κ1) is 17.1. The van der Waals surface area contributed by atoms with Gasteiger partial charge in [-0.3, -0.25) is 14.6 Å². The standard InChI is InChI=1S/C19H22N4O2/c1-13-4-2-6-16(19(25)22-12-15-5-3-9-21-15)17(13)23-18(24)14-7-10-20-11-8-14/h2,4,6-8,10-11,15,21H,3,5,9,12H2,1H3,(H,22,25)(H,23,24). The molecule has 6 heteroatoms. The van der Waals surface area contributed by atoms with Gasteiger partial charge in [0.15, 0.2) is 0 Å². The molecule has 6 nitrogen and oxygen atoms in total. The third-order valence-electron chi connectivity index (χ3n) is 4.37. The van der Waals surface area contributed by atoms with Crippen molar-refractivity contribution in [1.29, 1.82) is 0 Å². The predicted octanol–water partition coefficient (Wildman–Crippen LogP) is 2.12. The summed E-state index contributed by atoms with van der Waals surface area (Å²) in [4.78, 5) is 28.9. The van der Waals surface area contributed by atoms with Crippen LogP contribution >= 0.6 is 0 Å². The summed E-state index contributed by atoms with van der Waals surface area (Å²) in [5.74, 6) is -0.439. The molecule has 1 aromatic heterocycles. The lowest BCUT2D eigenvalue weighted by atomic mass is 10.1. The zero-order valence-electron chi connectivity index (χ0n) is 14.2. The molecule has 0 saturated carbocycles. The second kappa shape index (κ2) is 7.90. The van der Waals surface area contributed by atoms with E-state index < -0.39 is 0 Å². The van der Waals surface area contributed by atoms with Gasteiger partial charge in [0.2, 0.25) is 0 Å². The van der Waals surface area contributed by atoms with Gasteiger partial charge in [-0.1, -0.05) is 12.1 Å². The van der Waals surface area contributed by atoms with Crippen molar-refractivity contribution in [1.82, 2.24) is 15.6 Å². The predicted molar refractivity (Wildman–Crippen MR) is 96.7 cm³/mol. The van der Waals surface area contributed by atoms with Gasteiger partial charge in [-0.05, 0) is 50.1 Å². The Bertz CT molecular complexity index is 755. The summed E-state index contributed by atoms with van der Waals surface area (Å²) in [5.41, 5.74) is 2.36. The number of nitrogens with zero attached hydrogens (tertiary/aromatic N) is 1. The van der Waals surface area contributed by atoms with E-state index in [0.29, 0.717) is 29.4 Å². The lowest BCUT2D eigenvalue weighted by Crippen LogP contribution is -2.37. The molecule has 1 fully saturated rings. The molecule has 1 unspecified atom stereocenters. The molecule has 2 amide bonds. The van der Waals surface area contributed by atoms with E-state index in [0.717, 1.165) is 24.9 Å². The Labute approximate surface area is 147 Å². The van der Waals surface area contributed by atoms with E-state index in [2.05, 4.69) is 20.9 Å². The highest BCUT2D eigenvalue weighted by Crippen LogP contribution is 2.21. The molecule has 1 aliphatic rings. The van der Waals surface area contributed by atoms with Gasteiger partial charge >= 0.3 is 0 Å². The molecule has 3 N–H and O–H groups in total. The number of amides is 2. The van der Waals surface area contributed by atoms with Crippen LogP contribution in [0.15, 0.2) is 42.7 Å². The number of aromatic nitrogens is 1. The maximum atomic E-state index is 12.6. The third-order valence-corrected chi connectivity index (χ3v) is 4.37. The largest absolute Gasteiger partial charge is 0.350 e. The lowest BCUT2D eigenvalue weighted by molar-refractivity contribution is 0.0951. The SMILES string of the molecule is Cc1cccc(C(=O)NCC2CCCN2)c1NC(=O)c1ccncc1. The molecule has 1 aromatic carbocycles. The molecule has 0 bridgehead atoms. The van der Waals surface area contributed by atoms with Crippen LogP contribution in [-0.4, -0.2) is 35.9 Å². The number of hydrogen-bond donors (Lipinski definition) is 3. The number of benzene rings is 1. The Balaban J connectivity index is 1.74. The summed E-state index contributed by atoms with van der Waals surface area (Å²) >= 11 is 0. The quantitative estimate of drug-likeness (QED) is 0.780. The third kappa shape index (κ3) is 4.22. The van der Waals surface area contributed by atoms with Gasteiger partial charge in [0.1, 0.15) is 0 Å². The van der Waals surface area contributed by atoms with Crippen molar-refractivity contribution < 1.29 is 9.59 Å². The lowest BCUT2D eigenvalue weighted by Gasteiger charge is -2.16. The molecule has 0 spiro atoms. The molecule has 2 heterocycles. The fourth-order valence-corrected chi connectivity index (χ4v) is 2.95. The number of para-hydroxylation sites is 1. The molecule has 1 saturated heterocycles. The highest BCUT2D eigenvalue weighted by molar-refractivity contribution is 6.09. The molecule has 0 aliphatic carbocycles. The van der Waals surface area contributed by atoms with Gasteiger partial charge in [0.25, 0.3) is 11.8 Å². The molecule has 25 heavy (non-hydrogen) atoms. The molecule has 130 valence electrons. The minimum absolute atomic E-state index is 0.178. The Kier molecular flexibility index (Phi) is 5.40. The maximum absolute atomic E-state index is 12.6.